The van der Waals surface area contributed by atoms with Crippen molar-refractivity contribution in [1.29, 1.82) is 0 Å². The van der Waals surface area contributed by atoms with Gasteiger partial charge in [-0.2, -0.15) is 0 Å². The molecule has 0 heterocycles. The zero-order valence-electron chi connectivity index (χ0n) is 11.2. The molecule has 0 radical (unpaired) electrons. The van der Waals surface area contributed by atoms with Gasteiger partial charge in [0, 0.05) is 25.9 Å². The summed E-state index contributed by atoms with van der Waals surface area (Å²) in [6, 6.07) is 0. The minimum Gasteiger partial charge on any atom is -0.383 e. The normalized spacial score (nSPS) is 11.6. The van der Waals surface area contributed by atoms with Crippen molar-refractivity contribution in [2.24, 2.45) is 0 Å². The molecule has 2 heteroatoms. The Labute approximate surface area is 101 Å². The average molecular weight is 225 g/mol. The predicted octanol–water partition coefficient (Wildman–Crippen LogP) is 3.77. The smallest absolute Gasteiger partial charge is 0.147 e. The Kier molecular flexibility index (Phi) is 10.2. The maximum Gasteiger partial charge on any atom is 0.147 e. The van der Waals surface area contributed by atoms with Crippen LogP contribution in [-0.4, -0.2) is 25.3 Å². The number of carbonyl (C=O) groups is 1. The zero-order valence-corrected chi connectivity index (χ0v) is 11.2. The largest absolute Gasteiger partial charge is 0.383 e. The van der Waals surface area contributed by atoms with Crippen LogP contribution in [0.1, 0.15) is 58.3 Å². The Morgan fingerprint density at radius 2 is 1.56 bits per heavy atom. The summed E-state index contributed by atoms with van der Waals surface area (Å²) >= 11 is 0. The number of carbonyl (C=O) groups excluding carboxylic acids is 1. The SMILES string of the molecule is CCCCCCCCCC(C=O)=CN(C)C. The van der Waals surface area contributed by atoms with Crippen LogP contribution in [0.4, 0.5) is 0 Å². The van der Waals surface area contributed by atoms with Gasteiger partial charge in [-0.05, 0) is 12.8 Å². The maximum atomic E-state index is 10.8. The summed E-state index contributed by atoms with van der Waals surface area (Å²) in [6.45, 7) is 2.24. The molecule has 0 aromatic rings. The fourth-order valence-electron chi connectivity index (χ4n) is 1.77. The number of rotatable bonds is 10. The number of hydrogen-bond acceptors (Lipinski definition) is 2. The highest BCUT2D eigenvalue weighted by Crippen LogP contribution is 2.11. The van der Waals surface area contributed by atoms with Gasteiger partial charge >= 0.3 is 0 Å². The lowest BCUT2D eigenvalue weighted by Gasteiger charge is -2.07. The Balaban J connectivity index is 3.45. The van der Waals surface area contributed by atoms with E-state index >= 15 is 0 Å². The molecule has 0 saturated heterocycles. The van der Waals surface area contributed by atoms with Gasteiger partial charge in [0.2, 0.25) is 0 Å². The van der Waals surface area contributed by atoms with Crippen LogP contribution in [0.15, 0.2) is 11.8 Å². The van der Waals surface area contributed by atoms with Crippen molar-refractivity contribution in [1.82, 2.24) is 4.90 Å². The summed E-state index contributed by atoms with van der Waals surface area (Å²) in [4.78, 5) is 12.7. The first kappa shape index (κ1) is 15.2. The highest BCUT2D eigenvalue weighted by atomic mass is 16.1. The minimum absolute atomic E-state index is 0.915. The molecule has 94 valence electrons. The second kappa shape index (κ2) is 10.7. The summed E-state index contributed by atoms with van der Waals surface area (Å²) in [5, 5.41) is 0. The van der Waals surface area contributed by atoms with Gasteiger partial charge in [-0.3, -0.25) is 4.79 Å². The molecule has 0 N–H and O–H groups in total. The summed E-state index contributed by atoms with van der Waals surface area (Å²) < 4.78 is 0. The van der Waals surface area contributed by atoms with Crippen LogP contribution >= 0.6 is 0 Å². The Hall–Kier alpha value is -0.790. The molecule has 0 aromatic carbocycles. The van der Waals surface area contributed by atoms with Crippen LogP contribution in [0.2, 0.25) is 0 Å². The van der Waals surface area contributed by atoms with Crippen molar-refractivity contribution in [2.45, 2.75) is 58.3 Å². The highest BCUT2D eigenvalue weighted by molar-refractivity contribution is 5.72. The van der Waals surface area contributed by atoms with E-state index in [-0.39, 0.29) is 0 Å². The molecule has 0 saturated carbocycles. The van der Waals surface area contributed by atoms with E-state index < -0.39 is 0 Å². The number of hydrogen-bond donors (Lipinski definition) is 0. The molecule has 0 amide bonds. The van der Waals surface area contributed by atoms with E-state index in [0.717, 1.165) is 24.7 Å². The zero-order chi connectivity index (χ0) is 12.2. The molecule has 0 aromatic heterocycles. The fraction of sp³-hybridized carbons (Fsp3) is 0.786. The van der Waals surface area contributed by atoms with Crippen LogP contribution in [0, 0.1) is 0 Å². The van der Waals surface area contributed by atoms with Crippen LogP contribution in [-0.2, 0) is 4.79 Å². The highest BCUT2D eigenvalue weighted by Gasteiger charge is 1.97. The second-order valence-electron chi connectivity index (χ2n) is 4.66. The van der Waals surface area contributed by atoms with Gasteiger partial charge in [-0.25, -0.2) is 0 Å². The average Bonchev–Trinajstić information content (AvgIpc) is 2.25. The first-order chi connectivity index (χ1) is 7.70. The van der Waals surface area contributed by atoms with Crippen molar-refractivity contribution in [3.05, 3.63) is 11.8 Å². The molecule has 16 heavy (non-hydrogen) atoms. The third-order valence-corrected chi connectivity index (χ3v) is 2.64. The third kappa shape index (κ3) is 9.75. The number of allylic oxidation sites excluding steroid dienone is 1. The van der Waals surface area contributed by atoms with Crippen LogP contribution < -0.4 is 0 Å². The van der Waals surface area contributed by atoms with Gasteiger partial charge in [0.05, 0.1) is 0 Å². The molecule has 0 unspecified atom stereocenters. The molecule has 0 atom stereocenters. The molecule has 0 fully saturated rings. The van der Waals surface area contributed by atoms with Crippen LogP contribution in [0.25, 0.3) is 0 Å². The lowest BCUT2D eigenvalue weighted by molar-refractivity contribution is -0.105. The molecular formula is C14H27NO. The van der Waals surface area contributed by atoms with Gasteiger partial charge in [-0.15, -0.1) is 0 Å². The lowest BCUT2D eigenvalue weighted by atomic mass is 10.1. The molecule has 0 bridgehead atoms. The summed E-state index contributed by atoms with van der Waals surface area (Å²) in [7, 11) is 3.91. The number of aldehydes is 1. The standard InChI is InChI=1S/C14H27NO/c1-4-5-6-7-8-9-10-11-14(13-16)12-15(2)3/h12-13H,4-11H2,1-3H3. The van der Waals surface area contributed by atoms with E-state index in [1.807, 2.05) is 25.2 Å². The Bertz CT molecular complexity index is 197. The number of unbranched alkanes of at least 4 members (excludes halogenated alkanes) is 6. The van der Waals surface area contributed by atoms with Crippen molar-refractivity contribution >= 4 is 6.29 Å². The second-order valence-corrected chi connectivity index (χ2v) is 4.66. The van der Waals surface area contributed by atoms with Crippen LogP contribution in [0.3, 0.4) is 0 Å². The first-order valence-electron chi connectivity index (χ1n) is 6.53. The van der Waals surface area contributed by atoms with Gasteiger partial charge in [-0.1, -0.05) is 45.4 Å². The molecule has 0 aliphatic carbocycles. The molecule has 0 spiro atoms. The molecule has 2 nitrogen and oxygen atoms in total. The van der Waals surface area contributed by atoms with Crippen molar-refractivity contribution in [3.63, 3.8) is 0 Å². The van der Waals surface area contributed by atoms with E-state index in [1.54, 1.807) is 0 Å². The summed E-state index contributed by atoms with van der Waals surface area (Å²) in [6.07, 6.45) is 12.9. The molecular weight excluding hydrogens is 198 g/mol. The van der Waals surface area contributed by atoms with Gasteiger partial charge < -0.3 is 4.90 Å². The third-order valence-electron chi connectivity index (χ3n) is 2.64. The molecule has 0 rings (SSSR count). The molecule has 0 aliphatic heterocycles. The topological polar surface area (TPSA) is 20.3 Å². The monoisotopic (exact) mass is 225 g/mol. The van der Waals surface area contributed by atoms with E-state index in [0.29, 0.717) is 0 Å². The van der Waals surface area contributed by atoms with Gasteiger partial charge in [0.1, 0.15) is 6.29 Å². The predicted molar refractivity (Wildman–Crippen MR) is 70.4 cm³/mol. The summed E-state index contributed by atoms with van der Waals surface area (Å²) in [5.74, 6) is 0. The Morgan fingerprint density at radius 1 is 1.00 bits per heavy atom. The lowest BCUT2D eigenvalue weighted by Crippen LogP contribution is -2.03. The quantitative estimate of drug-likeness (QED) is 0.320. The van der Waals surface area contributed by atoms with Crippen molar-refractivity contribution in [3.8, 4) is 0 Å². The first-order valence-corrected chi connectivity index (χ1v) is 6.53. The van der Waals surface area contributed by atoms with E-state index in [2.05, 4.69) is 6.92 Å². The van der Waals surface area contributed by atoms with Crippen molar-refractivity contribution in [2.75, 3.05) is 14.1 Å². The van der Waals surface area contributed by atoms with E-state index in [4.69, 9.17) is 0 Å². The van der Waals surface area contributed by atoms with Crippen molar-refractivity contribution < 1.29 is 4.79 Å². The van der Waals surface area contributed by atoms with Gasteiger partial charge in [0.25, 0.3) is 0 Å². The van der Waals surface area contributed by atoms with Gasteiger partial charge in [0.15, 0.2) is 0 Å². The molecule has 0 aliphatic rings. The Morgan fingerprint density at radius 3 is 2.06 bits per heavy atom. The van der Waals surface area contributed by atoms with E-state index in [1.165, 1.54) is 38.5 Å². The fourth-order valence-corrected chi connectivity index (χ4v) is 1.77. The number of nitrogens with zero attached hydrogens (tertiary/aromatic N) is 1. The maximum absolute atomic E-state index is 10.8. The minimum atomic E-state index is 0.915. The van der Waals surface area contributed by atoms with E-state index in [9.17, 15) is 4.79 Å². The summed E-state index contributed by atoms with van der Waals surface area (Å²) in [5.41, 5.74) is 0.915. The van der Waals surface area contributed by atoms with Crippen LogP contribution in [0.5, 0.6) is 0 Å².